The number of benzene rings is 1. The highest BCUT2D eigenvalue weighted by molar-refractivity contribution is 5.83. The zero-order chi connectivity index (χ0) is 14.1. The summed E-state index contributed by atoms with van der Waals surface area (Å²) >= 11 is 0. The van der Waals surface area contributed by atoms with Crippen LogP contribution < -0.4 is 5.32 Å². The lowest BCUT2D eigenvalue weighted by Crippen LogP contribution is -2.00. The second-order valence-electron chi connectivity index (χ2n) is 5.14. The van der Waals surface area contributed by atoms with Gasteiger partial charge in [-0.3, -0.25) is 0 Å². The number of aromatic nitrogens is 2. The van der Waals surface area contributed by atoms with Crippen molar-refractivity contribution < 1.29 is 0 Å². The second-order valence-corrected chi connectivity index (χ2v) is 5.14. The van der Waals surface area contributed by atoms with E-state index in [1.165, 1.54) is 5.56 Å². The predicted octanol–water partition coefficient (Wildman–Crippen LogP) is 4.30. The normalized spacial score (nSPS) is 10.8. The van der Waals surface area contributed by atoms with Crippen LogP contribution >= 0.6 is 0 Å². The molecule has 20 heavy (non-hydrogen) atoms. The molecular weight excluding hydrogens is 246 g/mol. The van der Waals surface area contributed by atoms with Crippen LogP contribution in [0.1, 0.15) is 16.7 Å². The summed E-state index contributed by atoms with van der Waals surface area (Å²) in [4.78, 5) is 9.08. The average Bonchev–Trinajstić information content (AvgIpc) is 2.42. The van der Waals surface area contributed by atoms with Crippen molar-refractivity contribution in [3.05, 3.63) is 59.3 Å². The highest BCUT2D eigenvalue weighted by Gasteiger charge is 2.06. The van der Waals surface area contributed by atoms with E-state index in [9.17, 15) is 0 Å². The fourth-order valence-corrected chi connectivity index (χ4v) is 2.24. The van der Waals surface area contributed by atoms with Crippen LogP contribution in [0.25, 0.3) is 10.9 Å². The van der Waals surface area contributed by atoms with Crippen molar-refractivity contribution in [2.75, 3.05) is 5.32 Å². The van der Waals surface area contributed by atoms with Crippen molar-refractivity contribution in [2.24, 2.45) is 0 Å². The van der Waals surface area contributed by atoms with Crippen molar-refractivity contribution >= 4 is 22.5 Å². The molecule has 3 rings (SSSR count). The van der Waals surface area contributed by atoms with E-state index in [-0.39, 0.29) is 0 Å². The van der Waals surface area contributed by atoms with Gasteiger partial charge in [0.05, 0.1) is 5.52 Å². The van der Waals surface area contributed by atoms with E-state index in [1.807, 2.05) is 19.1 Å². The molecule has 0 saturated carbocycles. The molecule has 0 radical (unpaired) electrons. The maximum absolute atomic E-state index is 4.72. The first-order valence-electron chi connectivity index (χ1n) is 6.70. The molecule has 0 aliphatic heterocycles. The van der Waals surface area contributed by atoms with Gasteiger partial charge in [0.2, 0.25) is 0 Å². The van der Waals surface area contributed by atoms with Gasteiger partial charge in [-0.15, -0.1) is 0 Å². The Balaban J connectivity index is 2.07. The van der Waals surface area contributed by atoms with Crippen LogP contribution in [0.15, 0.2) is 42.6 Å². The maximum Gasteiger partial charge on any atom is 0.135 e. The van der Waals surface area contributed by atoms with Crippen LogP contribution in [-0.4, -0.2) is 9.97 Å². The topological polar surface area (TPSA) is 37.8 Å². The highest BCUT2D eigenvalue weighted by Crippen LogP contribution is 2.24. The van der Waals surface area contributed by atoms with Gasteiger partial charge < -0.3 is 5.32 Å². The molecule has 3 aromatic rings. The van der Waals surface area contributed by atoms with E-state index in [0.717, 1.165) is 33.7 Å². The van der Waals surface area contributed by atoms with Gasteiger partial charge >= 0.3 is 0 Å². The molecule has 0 aliphatic rings. The Morgan fingerprint density at radius 2 is 1.75 bits per heavy atom. The molecule has 3 nitrogen and oxygen atoms in total. The van der Waals surface area contributed by atoms with Crippen molar-refractivity contribution in [1.82, 2.24) is 9.97 Å². The Bertz CT molecular complexity index is 778. The second kappa shape index (κ2) is 4.93. The SMILES string of the molecule is Cc1ccc2cc(C)c(Nc3ncccc3C)nc2c1. The fraction of sp³-hybridized carbons (Fsp3) is 0.176. The standard InChI is InChI=1S/C17H17N3/c1-11-6-7-14-10-13(3)17(19-15(14)9-11)20-16-12(2)5-4-8-18-16/h4-10H,1-3H3,(H,18,19,20). The molecular formula is C17H17N3. The first-order chi connectivity index (χ1) is 9.63. The Kier molecular flexibility index (Phi) is 3.11. The minimum Gasteiger partial charge on any atom is -0.324 e. The zero-order valence-electron chi connectivity index (χ0n) is 11.9. The first-order valence-corrected chi connectivity index (χ1v) is 6.70. The lowest BCUT2D eigenvalue weighted by Gasteiger charge is -2.11. The zero-order valence-corrected chi connectivity index (χ0v) is 11.9. The summed E-state index contributed by atoms with van der Waals surface area (Å²) in [6.07, 6.45) is 1.79. The molecule has 2 aromatic heterocycles. The predicted molar refractivity (Wildman–Crippen MR) is 83.5 cm³/mol. The van der Waals surface area contributed by atoms with Crippen LogP contribution in [-0.2, 0) is 0 Å². The monoisotopic (exact) mass is 263 g/mol. The lowest BCUT2D eigenvalue weighted by atomic mass is 10.1. The maximum atomic E-state index is 4.72. The van der Waals surface area contributed by atoms with Gasteiger partial charge in [-0.05, 0) is 55.7 Å². The molecule has 0 bridgehead atoms. The first kappa shape index (κ1) is 12.6. The molecule has 0 saturated heterocycles. The number of nitrogens with zero attached hydrogens (tertiary/aromatic N) is 2. The summed E-state index contributed by atoms with van der Waals surface area (Å²) in [5.41, 5.74) is 4.45. The minimum absolute atomic E-state index is 0.857. The number of hydrogen-bond acceptors (Lipinski definition) is 3. The highest BCUT2D eigenvalue weighted by atomic mass is 15.1. The molecule has 0 fully saturated rings. The quantitative estimate of drug-likeness (QED) is 0.749. The summed E-state index contributed by atoms with van der Waals surface area (Å²) in [5.74, 6) is 1.72. The molecule has 2 heterocycles. The van der Waals surface area contributed by atoms with Crippen molar-refractivity contribution in [2.45, 2.75) is 20.8 Å². The van der Waals surface area contributed by atoms with Gasteiger partial charge in [0.25, 0.3) is 0 Å². The molecule has 3 heteroatoms. The lowest BCUT2D eigenvalue weighted by molar-refractivity contribution is 1.22. The molecule has 0 aliphatic carbocycles. The van der Waals surface area contributed by atoms with Crippen LogP contribution in [0.5, 0.6) is 0 Å². The number of pyridine rings is 2. The summed E-state index contributed by atoms with van der Waals surface area (Å²) in [7, 11) is 0. The number of fused-ring (bicyclic) bond motifs is 1. The van der Waals surface area contributed by atoms with E-state index in [1.54, 1.807) is 6.20 Å². The molecule has 1 aromatic carbocycles. The minimum atomic E-state index is 0.857. The third-order valence-electron chi connectivity index (χ3n) is 3.41. The number of nitrogens with one attached hydrogen (secondary N) is 1. The Hall–Kier alpha value is -2.42. The van der Waals surface area contributed by atoms with Gasteiger partial charge in [-0.2, -0.15) is 0 Å². The average molecular weight is 263 g/mol. The van der Waals surface area contributed by atoms with Gasteiger partial charge in [-0.1, -0.05) is 18.2 Å². The van der Waals surface area contributed by atoms with Crippen LogP contribution in [0, 0.1) is 20.8 Å². The summed E-state index contributed by atoms with van der Waals surface area (Å²) in [6.45, 7) is 6.18. The molecule has 0 spiro atoms. The van der Waals surface area contributed by atoms with Gasteiger partial charge in [0.15, 0.2) is 0 Å². The van der Waals surface area contributed by atoms with Crippen molar-refractivity contribution in [1.29, 1.82) is 0 Å². The van der Waals surface area contributed by atoms with E-state index < -0.39 is 0 Å². The summed E-state index contributed by atoms with van der Waals surface area (Å²) in [6, 6.07) is 12.5. The fourth-order valence-electron chi connectivity index (χ4n) is 2.24. The van der Waals surface area contributed by atoms with E-state index >= 15 is 0 Å². The van der Waals surface area contributed by atoms with Crippen LogP contribution in [0.4, 0.5) is 11.6 Å². The Morgan fingerprint density at radius 3 is 2.55 bits per heavy atom. The van der Waals surface area contributed by atoms with E-state index in [0.29, 0.717) is 0 Å². The van der Waals surface area contributed by atoms with Crippen molar-refractivity contribution in [3.8, 4) is 0 Å². The number of hydrogen-bond donors (Lipinski definition) is 1. The number of anilines is 2. The summed E-state index contributed by atoms with van der Waals surface area (Å²) < 4.78 is 0. The molecule has 1 N–H and O–H groups in total. The number of aryl methyl sites for hydroxylation is 3. The summed E-state index contributed by atoms with van der Waals surface area (Å²) in [5, 5.41) is 4.49. The molecule has 0 atom stereocenters. The van der Waals surface area contributed by atoms with Crippen LogP contribution in [0.3, 0.4) is 0 Å². The van der Waals surface area contributed by atoms with Gasteiger partial charge in [0, 0.05) is 11.6 Å². The van der Waals surface area contributed by atoms with Gasteiger partial charge in [-0.25, -0.2) is 9.97 Å². The molecule has 0 amide bonds. The van der Waals surface area contributed by atoms with Crippen LogP contribution in [0.2, 0.25) is 0 Å². The Morgan fingerprint density at radius 1 is 0.900 bits per heavy atom. The van der Waals surface area contributed by atoms with Gasteiger partial charge in [0.1, 0.15) is 11.6 Å². The van der Waals surface area contributed by atoms with Crippen molar-refractivity contribution in [3.63, 3.8) is 0 Å². The molecule has 100 valence electrons. The Labute approximate surface area is 118 Å². The smallest absolute Gasteiger partial charge is 0.135 e. The van der Waals surface area contributed by atoms with E-state index in [2.05, 4.69) is 48.4 Å². The third-order valence-corrected chi connectivity index (χ3v) is 3.41. The van der Waals surface area contributed by atoms with E-state index in [4.69, 9.17) is 4.98 Å². The largest absolute Gasteiger partial charge is 0.324 e. The molecule has 0 unspecified atom stereocenters. The number of rotatable bonds is 2. The third kappa shape index (κ3) is 2.35.